The number of benzene rings is 2. The van der Waals surface area contributed by atoms with Gasteiger partial charge >= 0.3 is 6.03 Å². The number of nitrogens with one attached hydrogen (secondary N) is 2. The molecule has 0 spiro atoms. The summed E-state index contributed by atoms with van der Waals surface area (Å²) in [7, 11) is 0. The number of carbonyl (C=O) groups is 1. The molecule has 2 amide bonds. The molecule has 2 aromatic rings. The average Bonchev–Trinajstić information content (AvgIpc) is 2.54. The lowest BCUT2D eigenvalue weighted by Gasteiger charge is -2.23. The Morgan fingerprint density at radius 3 is 2.62 bits per heavy atom. The van der Waals surface area contributed by atoms with Crippen LogP contribution in [0, 0.1) is 0 Å². The molecule has 0 aliphatic heterocycles. The Kier molecular flexibility index (Phi) is 4.39. The molecular formula is C18H22N2O. The molecular weight excluding hydrogens is 260 g/mol. The molecule has 0 atom stereocenters. The normalized spacial score (nSPS) is 15.8. The van der Waals surface area contributed by atoms with Crippen molar-refractivity contribution >= 4 is 16.8 Å². The van der Waals surface area contributed by atoms with E-state index in [9.17, 15) is 4.79 Å². The van der Waals surface area contributed by atoms with Gasteiger partial charge in [-0.2, -0.15) is 0 Å². The second-order valence-electron chi connectivity index (χ2n) is 5.80. The number of urea groups is 1. The number of amides is 2. The van der Waals surface area contributed by atoms with Crippen LogP contribution in [0.5, 0.6) is 0 Å². The van der Waals surface area contributed by atoms with Crippen LogP contribution in [0.15, 0.2) is 42.5 Å². The van der Waals surface area contributed by atoms with Crippen molar-refractivity contribution in [1.82, 2.24) is 10.6 Å². The van der Waals surface area contributed by atoms with E-state index in [0.717, 1.165) is 18.4 Å². The lowest BCUT2D eigenvalue weighted by molar-refractivity contribution is 0.232. The first-order chi connectivity index (χ1) is 10.3. The molecule has 0 bridgehead atoms. The number of rotatable bonds is 3. The third-order valence-corrected chi connectivity index (χ3v) is 4.26. The summed E-state index contributed by atoms with van der Waals surface area (Å²) in [5, 5.41) is 8.49. The average molecular weight is 282 g/mol. The summed E-state index contributed by atoms with van der Waals surface area (Å²) < 4.78 is 0. The molecule has 3 heteroatoms. The van der Waals surface area contributed by atoms with Gasteiger partial charge in [-0.1, -0.05) is 61.7 Å². The molecule has 1 aliphatic rings. The van der Waals surface area contributed by atoms with E-state index in [0.29, 0.717) is 12.6 Å². The Morgan fingerprint density at radius 1 is 1.00 bits per heavy atom. The van der Waals surface area contributed by atoms with Gasteiger partial charge in [0.1, 0.15) is 0 Å². The van der Waals surface area contributed by atoms with Gasteiger partial charge in [0.15, 0.2) is 0 Å². The van der Waals surface area contributed by atoms with Gasteiger partial charge in [0, 0.05) is 12.6 Å². The van der Waals surface area contributed by atoms with E-state index in [1.165, 1.54) is 30.0 Å². The summed E-state index contributed by atoms with van der Waals surface area (Å²) in [6.45, 7) is 0.569. The first kappa shape index (κ1) is 13.9. The molecule has 21 heavy (non-hydrogen) atoms. The van der Waals surface area contributed by atoms with Crippen molar-refractivity contribution in [1.29, 1.82) is 0 Å². The lowest BCUT2D eigenvalue weighted by atomic mass is 9.96. The zero-order chi connectivity index (χ0) is 14.5. The maximum atomic E-state index is 12.0. The summed E-state index contributed by atoms with van der Waals surface area (Å²) in [6, 6.07) is 14.8. The van der Waals surface area contributed by atoms with E-state index < -0.39 is 0 Å². The van der Waals surface area contributed by atoms with Crippen LogP contribution in [0.4, 0.5) is 4.79 Å². The van der Waals surface area contributed by atoms with Crippen LogP contribution < -0.4 is 10.6 Å². The van der Waals surface area contributed by atoms with Crippen molar-refractivity contribution in [2.75, 3.05) is 0 Å². The first-order valence-corrected chi connectivity index (χ1v) is 7.84. The van der Waals surface area contributed by atoms with Gasteiger partial charge < -0.3 is 10.6 Å². The predicted molar refractivity (Wildman–Crippen MR) is 86.2 cm³/mol. The number of fused-ring (bicyclic) bond motifs is 1. The zero-order valence-corrected chi connectivity index (χ0v) is 12.3. The van der Waals surface area contributed by atoms with Crippen molar-refractivity contribution in [3.05, 3.63) is 48.0 Å². The molecule has 0 saturated heterocycles. The van der Waals surface area contributed by atoms with Crippen molar-refractivity contribution in [3.63, 3.8) is 0 Å². The Labute approximate surface area is 125 Å². The standard InChI is InChI=1S/C18H22N2O/c21-18(20-16-10-2-1-3-11-16)19-13-15-9-6-8-14-7-4-5-12-17(14)15/h4-9,12,16H,1-3,10-11,13H2,(H2,19,20,21). The minimum absolute atomic E-state index is 0.0464. The van der Waals surface area contributed by atoms with E-state index in [4.69, 9.17) is 0 Å². The minimum atomic E-state index is -0.0464. The Hall–Kier alpha value is -2.03. The van der Waals surface area contributed by atoms with Gasteiger partial charge in [-0.05, 0) is 29.2 Å². The van der Waals surface area contributed by atoms with Crippen LogP contribution in [0.2, 0.25) is 0 Å². The molecule has 0 unspecified atom stereocenters. The zero-order valence-electron chi connectivity index (χ0n) is 12.3. The number of hydrogen-bond donors (Lipinski definition) is 2. The molecule has 2 N–H and O–H groups in total. The van der Waals surface area contributed by atoms with Gasteiger partial charge in [-0.3, -0.25) is 0 Å². The third-order valence-electron chi connectivity index (χ3n) is 4.26. The van der Waals surface area contributed by atoms with Gasteiger partial charge in [0.25, 0.3) is 0 Å². The van der Waals surface area contributed by atoms with E-state index >= 15 is 0 Å². The van der Waals surface area contributed by atoms with Crippen molar-refractivity contribution in [2.45, 2.75) is 44.7 Å². The molecule has 1 fully saturated rings. The second kappa shape index (κ2) is 6.61. The summed E-state index contributed by atoms with van der Waals surface area (Å²) >= 11 is 0. The van der Waals surface area contributed by atoms with Crippen LogP contribution in [0.1, 0.15) is 37.7 Å². The summed E-state index contributed by atoms with van der Waals surface area (Å²) in [6.07, 6.45) is 5.99. The molecule has 2 aromatic carbocycles. The molecule has 1 saturated carbocycles. The largest absolute Gasteiger partial charge is 0.335 e. The highest BCUT2D eigenvalue weighted by Gasteiger charge is 2.15. The van der Waals surface area contributed by atoms with Crippen molar-refractivity contribution in [2.24, 2.45) is 0 Å². The fourth-order valence-corrected chi connectivity index (χ4v) is 3.11. The highest BCUT2D eigenvalue weighted by Crippen LogP contribution is 2.19. The van der Waals surface area contributed by atoms with Gasteiger partial charge in [-0.25, -0.2) is 4.79 Å². The van der Waals surface area contributed by atoms with Gasteiger partial charge in [0.2, 0.25) is 0 Å². The Balaban J connectivity index is 1.59. The van der Waals surface area contributed by atoms with Crippen LogP contribution in [-0.4, -0.2) is 12.1 Å². The SMILES string of the molecule is O=C(NCc1cccc2ccccc12)NC1CCCCC1. The third kappa shape index (κ3) is 3.54. The van der Waals surface area contributed by atoms with Gasteiger partial charge in [-0.15, -0.1) is 0 Å². The fourth-order valence-electron chi connectivity index (χ4n) is 3.11. The molecule has 1 aliphatic carbocycles. The molecule has 110 valence electrons. The van der Waals surface area contributed by atoms with Crippen molar-refractivity contribution in [3.8, 4) is 0 Å². The quantitative estimate of drug-likeness (QED) is 0.878. The topological polar surface area (TPSA) is 41.1 Å². The van der Waals surface area contributed by atoms with Crippen LogP contribution in [0.25, 0.3) is 10.8 Å². The molecule has 3 rings (SSSR count). The highest BCUT2D eigenvalue weighted by molar-refractivity contribution is 5.86. The fraction of sp³-hybridized carbons (Fsp3) is 0.389. The lowest BCUT2D eigenvalue weighted by Crippen LogP contribution is -2.42. The smallest absolute Gasteiger partial charge is 0.315 e. The minimum Gasteiger partial charge on any atom is -0.335 e. The molecule has 0 radical (unpaired) electrons. The predicted octanol–water partition coefficient (Wildman–Crippen LogP) is 3.97. The Bertz CT molecular complexity index is 612. The van der Waals surface area contributed by atoms with Crippen LogP contribution in [0.3, 0.4) is 0 Å². The van der Waals surface area contributed by atoms with E-state index in [-0.39, 0.29) is 6.03 Å². The van der Waals surface area contributed by atoms with Crippen LogP contribution >= 0.6 is 0 Å². The molecule has 0 heterocycles. The maximum absolute atomic E-state index is 12.0. The second-order valence-corrected chi connectivity index (χ2v) is 5.80. The number of carbonyl (C=O) groups excluding carboxylic acids is 1. The highest BCUT2D eigenvalue weighted by atomic mass is 16.2. The number of hydrogen-bond acceptors (Lipinski definition) is 1. The summed E-state index contributed by atoms with van der Waals surface area (Å²) in [5.41, 5.74) is 1.16. The van der Waals surface area contributed by atoms with E-state index in [1.54, 1.807) is 0 Å². The molecule has 3 nitrogen and oxygen atoms in total. The van der Waals surface area contributed by atoms with Crippen molar-refractivity contribution < 1.29 is 4.79 Å². The first-order valence-electron chi connectivity index (χ1n) is 7.84. The van der Waals surface area contributed by atoms with E-state index in [1.807, 2.05) is 18.2 Å². The monoisotopic (exact) mass is 282 g/mol. The maximum Gasteiger partial charge on any atom is 0.315 e. The van der Waals surface area contributed by atoms with Crippen LogP contribution in [-0.2, 0) is 6.54 Å². The summed E-state index contributed by atoms with van der Waals surface area (Å²) in [5.74, 6) is 0. The Morgan fingerprint density at radius 2 is 1.76 bits per heavy atom. The van der Waals surface area contributed by atoms with E-state index in [2.05, 4.69) is 34.9 Å². The summed E-state index contributed by atoms with van der Waals surface area (Å²) in [4.78, 5) is 12.0. The molecule has 0 aromatic heterocycles. The van der Waals surface area contributed by atoms with Gasteiger partial charge in [0.05, 0.1) is 0 Å².